The monoisotopic (exact) mass is 421 g/mol. The number of methoxy groups -OCH3 is 1. The van der Waals surface area contributed by atoms with Crippen molar-refractivity contribution in [3.05, 3.63) is 23.8 Å². The SMILES string of the molecule is COC1CCN(S(=O)(=O)c2ccc(S(=O)(=O)Cl)cc2C(F)(F)F)CC1. The van der Waals surface area contributed by atoms with Gasteiger partial charge in [0.1, 0.15) is 0 Å². The fourth-order valence-electron chi connectivity index (χ4n) is 2.55. The highest BCUT2D eigenvalue weighted by atomic mass is 35.7. The fourth-order valence-corrected chi connectivity index (χ4v) is 4.99. The number of halogens is 4. The Bertz CT molecular complexity index is 847. The smallest absolute Gasteiger partial charge is 0.381 e. The van der Waals surface area contributed by atoms with Crippen LogP contribution in [0.2, 0.25) is 0 Å². The minimum Gasteiger partial charge on any atom is -0.381 e. The van der Waals surface area contributed by atoms with E-state index in [0.29, 0.717) is 18.9 Å². The summed E-state index contributed by atoms with van der Waals surface area (Å²) in [4.78, 5) is -1.82. The molecule has 0 bridgehead atoms. The number of piperidine rings is 1. The summed E-state index contributed by atoms with van der Waals surface area (Å²) in [7, 11) is -2.35. The van der Waals surface area contributed by atoms with Crippen molar-refractivity contribution in [1.82, 2.24) is 4.31 Å². The second-order valence-electron chi connectivity index (χ2n) is 5.43. The van der Waals surface area contributed by atoms with E-state index in [1.165, 1.54) is 7.11 Å². The van der Waals surface area contributed by atoms with Crippen LogP contribution in [0.5, 0.6) is 0 Å². The van der Waals surface area contributed by atoms with Crippen LogP contribution in [0.25, 0.3) is 0 Å². The van der Waals surface area contributed by atoms with E-state index in [9.17, 15) is 30.0 Å². The maximum absolute atomic E-state index is 13.3. The predicted octanol–water partition coefficient (Wildman–Crippen LogP) is 2.43. The van der Waals surface area contributed by atoms with Crippen LogP contribution in [0.3, 0.4) is 0 Å². The quantitative estimate of drug-likeness (QED) is 0.697. The Morgan fingerprint density at radius 1 is 1.16 bits per heavy atom. The lowest BCUT2D eigenvalue weighted by Crippen LogP contribution is -2.41. The summed E-state index contributed by atoms with van der Waals surface area (Å²) in [5.74, 6) is 0. The van der Waals surface area contributed by atoms with Crippen LogP contribution in [-0.2, 0) is 30.0 Å². The van der Waals surface area contributed by atoms with Crippen molar-refractivity contribution in [1.29, 1.82) is 0 Å². The number of sulfonamides is 1. The van der Waals surface area contributed by atoms with Gasteiger partial charge < -0.3 is 4.74 Å². The van der Waals surface area contributed by atoms with E-state index in [1.54, 1.807) is 0 Å². The number of benzene rings is 1. The first kappa shape index (κ1) is 20.4. The lowest BCUT2D eigenvalue weighted by Gasteiger charge is -2.31. The summed E-state index contributed by atoms with van der Waals surface area (Å²) in [5.41, 5.74) is -1.57. The molecule has 1 heterocycles. The first-order valence-electron chi connectivity index (χ1n) is 7.06. The number of hydrogen-bond acceptors (Lipinski definition) is 5. The van der Waals surface area contributed by atoms with Gasteiger partial charge in [0.15, 0.2) is 0 Å². The van der Waals surface area contributed by atoms with Crippen LogP contribution in [-0.4, -0.2) is 47.4 Å². The summed E-state index contributed by atoms with van der Waals surface area (Å²) < 4.78 is 93.7. The van der Waals surface area contributed by atoms with E-state index in [-0.39, 0.29) is 25.3 Å². The average Bonchev–Trinajstić information content (AvgIpc) is 2.52. The van der Waals surface area contributed by atoms with Gasteiger partial charge in [-0.1, -0.05) is 0 Å². The first-order chi connectivity index (χ1) is 11.4. The Balaban J connectivity index is 2.51. The maximum Gasteiger partial charge on any atom is 0.417 e. The zero-order valence-corrected chi connectivity index (χ0v) is 15.3. The van der Waals surface area contributed by atoms with Gasteiger partial charge in [-0.3, -0.25) is 0 Å². The van der Waals surface area contributed by atoms with Crippen LogP contribution in [0.15, 0.2) is 28.0 Å². The summed E-state index contributed by atoms with van der Waals surface area (Å²) >= 11 is 0. The zero-order chi connectivity index (χ0) is 19.0. The van der Waals surface area contributed by atoms with Gasteiger partial charge in [-0.25, -0.2) is 16.8 Å². The molecule has 25 heavy (non-hydrogen) atoms. The summed E-state index contributed by atoms with van der Waals surface area (Å²) in [6.07, 6.45) is -4.52. The fraction of sp³-hybridized carbons (Fsp3) is 0.538. The van der Waals surface area contributed by atoms with Crippen molar-refractivity contribution >= 4 is 29.8 Å². The van der Waals surface area contributed by atoms with E-state index >= 15 is 0 Å². The topological polar surface area (TPSA) is 80.8 Å². The molecule has 0 unspecified atom stereocenters. The maximum atomic E-state index is 13.3. The van der Waals surface area contributed by atoms with Gasteiger partial charge >= 0.3 is 6.18 Å². The third-order valence-electron chi connectivity index (χ3n) is 3.89. The minimum atomic E-state index is -5.06. The molecule has 0 radical (unpaired) electrons. The lowest BCUT2D eigenvalue weighted by atomic mass is 10.1. The number of hydrogen-bond donors (Lipinski definition) is 0. The molecule has 0 N–H and O–H groups in total. The Morgan fingerprint density at radius 3 is 2.16 bits per heavy atom. The molecule has 0 spiro atoms. The number of nitrogens with zero attached hydrogens (tertiary/aromatic N) is 1. The molecule has 1 saturated heterocycles. The number of ether oxygens (including phenoxy) is 1. The van der Waals surface area contributed by atoms with E-state index in [4.69, 9.17) is 15.4 Å². The minimum absolute atomic E-state index is 0.00763. The summed E-state index contributed by atoms with van der Waals surface area (Å²) in [6.45, 7) is 0.0153. The molecule has 0 atom stereocenters. The molecule has 1 aliphatic heterocycles. The highest BCUT2D eigenvalue weighted by Gasteiger charge is 2.40. The van der Waals surface area contributed by atoms with Crippen LogP contribution < -0.4 is 0 Å². The van der Waals surface area contributed by atoms with Crippen molar-refractivity contribution in [3.63, 3.8) is 0 Å². The molecule has 12 heteroatoms. The van der Waals surface area contributed by atoms with Crippen molar-refractivity contribution in [2.75, 3.05) is 20.2 Å². The number of alkyl halides is 3. The number of rotatable bonds is 4. The molecule has 1 aromatic rings. The van der Waals surface area contributed by atoms with E-state index < -0.39 is 40.6 Å². The third kappa shape index (κ3) is 4.45. The van der Waals surface area contributed by atoms with Gasteiger partial charge in [-0.2, -0.15) is 17.5 Å². The van der Waals surface area contributed by atoms with Crippen LogP contribution in [0, 0.1) is 0 Å². The van der Waals surface area contributed by atoms with Crippen molar-refractivity contribution in [3.8, 4) is 0 Å². The van der Waals surface area contributed by atoms with Crippen LogP contribution >= 0.6 is 10.7 Å². The van der Waals surface area contributed by atoms with E-state index in [0.717, 1.165) is 10.4 Å². The molecule has 0 amide bonds. The normalized spacial score (nSPS) is 18.4. The molecular weight excluding hydrogens is 407 g/mol. The van der Waals surface area contributed by atoms with Crippen molar-refractivity contribution in [2.24, 2.45) is 0 Å². The average molecular weight is 422 g/mol. The second-order valence-corrected chi connectivity index (χ2v) is 9.91. The Morgan fingerprint density at radius 2 is 1.72 bits per heavy atom. The molecule has 0 aliphatic carbocycles. The summed E-state index contributed by atoms with van der Waals surface area (Å²) in [6, 6.07) is 1.60. The second kappa shape index (κ2) is 7.03. The van der Waals surface area contributed by atoms with Gasteiger partial charge in [-0.15, -0.1) is 0 Å². The largest absolute Gasteiger partial charge is 0.417 e. The predicted molar refractivity (Wildman–Crippen MR) is 83.3 cm³/mol. The Labute approximate surface area is 148 Å². The van der Waals surface area contributed by atoms with E-state index in [2.05, 4.69) is 0 Å². The summed E-state index contributed by atoms with van der Waals surface area (Å²) in [5, 5.41) is 0. The lowest BCUT2D eigenvalue weighted by molar-refractivity contribution is -0.140. The molecule has 6 nitrogen and oxygen atoms in total. The van der Waals surface area contributed by atoms with Gasteiger partial charge in [0.05, 0.1) is 21.5 Å². The molecule has 142 valence electrons. The van der Waals surface area contributed by atoms with E-state index in [1.807, 2.05) is 0 Å². The van der Waals surface area contributed by atoms with Gasteiger partial charge in [0.25, 0.3) is 9.05 Å². The molecule has 1 aromatic carbocycles. The third-order valence-corrected chi connectivity index (χ3v) is 7.20. The van der Waals surface area contributed by atoms with Crippen molar-refractivity contribution in [2.45, 2.75) is 34.9 Å². The molecular formula is C13H15ClF3NO5S2. The van der Waals surface area contributed by atoms with Crippen molar-refractivity contribution < 1.29 is 34.7 Å². The van der Waals surface area contributed by atoms with Crippen LogP contribution in [0.4, 0.5) is 13.2 Å². The van der Waals surface area contributed by atoms with Gasteiger partial charge in [0.2, 0.25) is 10.0 Å². The molecule has 1 aliphatic rings. The van der Waals surface area contributed by atoms with Gasteiger partial charge in [-0.05, 0) is 31.0 Å². The highest BCUT2D eigenvalue weighted by molar-refractivity contribution is 8.13. The zero-order valence-electron chi connectivity index (χ0n) is 13.0. The highest BCUT2D eigenvalue weighted by Crippen LogP contribution is 2.37. The Kier molecular flexibility index (Phi) is 5.74. The first-order valence-corrected chi connectivity index (χ1v) is 10.8. The molecule has 0 saturated carbocycles. The van der Waals surface area contributed by atoms with Gasteiger partial charge in [0, 0.05) is 30.9 Å². The molecule has 0 aromatic heterocycles. The Hall–Kier alpha value is -0.880. The standard InChI is InChI=1S/C13H15ClF3NO5S2/c1-23-9-4-6-18(7-5-9)25(21,22)12-3-2-10(24(14,19)20)8-11(12)13(15,16)17/h2-3,8-9H,4-7H2,1H3. The molecule has 1 fully saturated rings. The van der Waals surface area contributed by atoms with Crippen LogP contribution in [0.1, 0.15) is 18.4 Å². The molecule has 2 rings (SSSR count).